The van der Waals surface area contributed by atoms with E-state index in [9.17, 15) is 9.59 Å². The van der Waals surface area contributed by atoms with Gasteiger partial charge in [0.1, 0.15) is 10.1 Å². The molecule has 8 heteroatoms. The number of thiocarbonyl (C=S) groups is 1. The monoisotopic (exact) mass is 490 g/mol. The van der Waals surface area contributed by atoms with Crippen LogP contribution in [0.15, 0.2) is 57.9 Å². The zero-order chi connectivity index (χ0) is 20.8. The molecular weight excluding hydrogens is 472 g/mol. The average Bonchev–Trinajstić information content (AvgIpc) is 2.96. The Hall–Kier alpha value is -2.16. The summed E-state index contributed by atoms with van der Waals surface area (Å²) < 4.78 is 6.69. The van der Waals surface area contributed by atoms with Gasteiger partial charge in [-0.3, -0.25) is 14.5 Å². The van der Waals surface area contributed by atoms with E-state index in [-0.39, 0.29) is 18.2 Å². The van der Waals surface area contributed by atoms with E-state index >= 15 is 0 Å². The van der Waals surface area contributed by atoms with Crippen molar-refractivity contribution in [1.82, 2.24) is 4.90 Å². The summed E-state index contributed by atoms with van der Waals surface area (Å²) in [5.41, 5.74) is 1.55. The van der Waals surface area contributed by atoms with Crippen LogP contribution in [0.5, 0.6) is 5.75 Å². The Kier molecular flexibility index (Phi) is 7.46. The number of methoxy groups -OCH3 is 1. The molecule has 0 saturated carbocycles. The largest absolute Gasteiger partial charge is 0.495 e. The molecule has 0 radical (unpaired) electrons. The van der Waals surface area contributed by atoms with Crippen molar-refractivity contribution >= 4 is 67.8 Å². The third-order valence-electron chi connectivity index (χ3n) is 4.19. The zero-order valence-electron chi connectivity index (χ0n) is 15.7. The minimum absolute atomic E-state index is 0.120. The SMILES string of the molecule is COc1ccccc1NC(=O)CCCN1C(=O)/C(=C/c2cccc(Br)c2)SC1=S. The van der Waals surface area contributed by atoms with E-state index in [1.807, 2.05) is 42.5 Å². The van der Waals surface area contributed by atoms with Gasteiger partial charge >= 0.3 is 0 Å². The van der Waals surface area contributed by atoms with E-state index in [1.54, 1.807) is 24.1 Å². The van der Waals surface area contributed by atoms with Crippen LogP contribution in [-0.4, -0.2) is 34.7 Å². The Bertz CT molecular complexity index is 978. The third-order valence-corrected chi connectivity index (χ3v) is 6.06. The maximum atomic E-state index is 12.7. The quantitative estimate of drug-likeness (QED) is 0.433. The van der Waals surface area contributed by atoms with Gasteiger partial charge in [-0.15, -0.1) is 0 Å². The van der Waals surface area contributed by atoms with Crippen molar-refractivity contribution in [2.24, 2.45) is 0 Å². The van der Waals surface area contributed by atoms with Crippen molar-refractivity contribution in [1.29, 1.82) is 0 Å². The molecule has 1 heterocycles. The Balaban J connectivity index is 1.55. The van der Waals surface area contributed by atoms with E-state index in [2.05, 4.69) is 21.2 Å². The van der Waals surface area contributed by atoms with Crippen molar-refractivity contribution in [3.8, 4) is 5.75 Å². The minimum atomic E-state index is -0.135. The fraction of sp³-hybridized carbons (Fsp3) is 0.190. The second kappa shape index (κ2) is 10.0. The number of halogens is 1. The van der Waals surface area contributed by atoms with Gasteiger partial charge in [0.05, 0.1) is 17.7 Å². The lowest BCUT2D eigenvalue weighted by Gasteiger charge is -2.14. The third kappa shape index (κ3) is 5.68. The van der Waals surface area contributed by atoms with E-state index < -0.39 is 0 Å². The fourth-order valence-corrected chi connectivity index (χ4v) is 4.52. The summed E-state index contributed by atoms with van der Waals surface area (Å²) in [6.45, 7) is 0.403. The molecule has 2 aromatic carbocycles. The Morgan fingerprint density at radius 2 is 2.07 bits per heavy atom. The highest BCUT2D eigenvalue weighted by Crippen LogP contribution is 2.33. The van der Waals surface area contributed by atoms with Gasteiger partial charge in [0.25, 0.3) is 5.91 Å². The molecule has 1 aliphatic rings. The number of hydrogen-bond acceptors (Lipinski definition) is 5. The van der Waals surface area contributed by atoms with E-state index in [4.69, 9.17) is 17.0 Å². The van der Waals surface area contributed by atoms with Crippen LogP contribution in [0.3, 0.4) is 0 Å². The van der Waals surface area contributed by atoms with Crippen molar-refractivity contribution < 1.29 is 14.3 Å². The van der Waals surface area contributed by atoms with Gasteiger partial charge in [0.2, 0.25) is 5.91 Å². The first-order valence-corrected chi connectivity index (χ1v) is 10.9. The molecular formula is C21H19BrN2O3S2. The second-order valence-corrected chi connectivity index (χ2v) is 8.83. The lowest BCUT2D eigenvalue weighted by Crippen LogP contribution is -2.29. The molecule has 3 rings (SSSR count). The van der Waals surface area contributed by atoms with Crippen LogP contribution in [0, 0.1) is 0 Å². The number of benzene rings is 2. The summed E-state index contributed by atoms with van der Waals surface area (Å²) in [6, 6.07) is 14.9. The summed E-state index contributed by atoms with van der Waals surface area (Å²) in [6.07, 6.45) is 2.62. The molecule has 1 saturated heterocycles. The second-order valence-electron chi connectivity index (χ2n) is 6.24. The van der Waals surface area contributed by atoms with Crippen LogP contribution in [0.1, 0.15) is 18.4 Å². The number of carbonyl (C=O) groups is 2. The topological polar surface area (TPSA) is 58.6 Å². The highest BCUT2D eigenvalue weighted by molar-refractivity contribution is 9.10. The molecule has 29 heavy (non-hydrogen) atoms. The number of nitrogens with one attached hydrogen (secondary N) is 1. The summed E-state index contributed by atoms with van der Waals surface area (Å²) in [7, 11) is 1.56. The molecule has 0 aromatic heterocycles. The van der Waals surface area contributed by atoms with Crippen LogP contribution in [0.25, 0.3) is 6.08 Å². The molecule has 2 amide bonds. The molecule has 0 spiro atoms. The predicted octanol–water partition coefficient (Wildman–Crippen LogP) is 5.08. The Morgan fingerprint density at radius 3 is 2.83 bits per heavy atom. The molecule has 150 valence electrons. The molecule has 5 nitrogen and oxygen atoms in total. The number of carbonyl (C=O) groups excluding carboxylic acids is 2. The number of rotatable bonds is 7. The number of anilines is 1. The molecule has 1 N–H and O–H groups in total. The lowest BCUT2D eigenvalue weighted by molar-refractivity contribution is -0.122. The smallest absolute Gasteiger partial charge is 0.266 e. The molecule has 0 aliphatic carbocycles. The molecule has 2 aromatic rings. The average molecular weight is 491 g/mol. The number of amides is 2. The first-order chi connectivity index (χ1) is 14.0. The number of nitrogens with zero attached hydrogens (tertiary/aromatic N) is 1. The molecule has 0 unspecified atom stereocenters. The van der Waals surface area contributed by atoms with E-state index in [0.29, 0.717) is 33.6 Å². The van der Waals surface area contributed by atoms with Crippen LogP contribution < -0.4 is 10.1 Å². The fourth-order valence-electron chi connectivity index (χ4n) is 2.80. The maximum Gasteiger partial charge on any atom is 0.266 e. The van der Waals surface area contributed by atoms with E-state index in [0.717, 1.165) is 10.0 Å². The van der Waals surface area contributed by atoms with Crippen LogP contribution in [0.2, 0.25) is 0 Å². The van der Waals surface area contributed by atoms with Crippen LogP contribution >= 0.6 is 39.9 Å². The number of ether oxygens (including phenoxy) is 1. The van der Waals surface area contributed by atoms with Gasteiger partial charge in [-0.1, -0.05) is 64.2 Å². The summed E-state index contributed by atoms with van der Waals surface area (Å²) in [5.74, 6) is 0.352. The molecule has 1 aliphatic heterocycles. The zero-order valence-corrected chi connectivity index (χ0v) is 18.9. The Morgan fingerprint density at radius 1 is 1.28 bits per heavy atom. The van der Waals surface area contributed by atoms with Crippen LogP contribution in [0.4, 0.5) is 5.69 Å². The van der Waals surface area contributed by atoms with Crippen LogP contribution in [-0.2, 0) is 9.59 Å². The lowest BCUT2D eigenvalue weighted by atomic mass is 10.2. The maximum absolute atomic E-state index is 12.7. The molecule has 0 bridgehead atoms. The van der Waals surface area contributed by atoms with Gasteiger partial charge < -0.3 is 10.1 Å². The summed E-state index contributed by atoms with van der Waals surface area (Å²) in [4.78, 5) is 27.1. The Labute approximate surface area is 187 Å². The number of para-hydroxylation sites is 2. The minimum Gasteiger partial charge on any atom is -0.495 e. The first-order valence-electron chi connectivity index (χ1n) is 8.92. The van der Waals surface area contributed by atoms with Gasteiger partial charge in [0, 0.05) is 17.4 Å². The number of hydrogen-bond donors (Lipinski definition) is 1. The normalized spacial score (nSPS) is 15.1. The highest BCUT2D eigenvalue weighted by Gasteiger charge is 2.31. The van der Waals surface area contributed by atoms with Gasteiger partial charge in [0.15, 0.2) is 0 Å². The molecule has 1 fully saturated rings. The van der Waals surface area contributed by atoms with E-state index in [1.165, 1.54) is 11.8 Å². The summed E-state index contributed by atoms with van der Waals surface area (Å²) in [5, 5.41) is 2.83. The predicted molar refractivity (Wildman–Crippen MR) is 125 cm³/mol. The van der Waals surface area contributed by atoms with Crippen molar-refractivity contribution in [2.45, 2.75) is 12.8 Å². The highest BCUT2D eigenvalue weighted by atomic mass is 79.9. The first kappa shape index (κ1) is 21.5. The standard InChI is InChI=1S/C21H19BrN2O3S2/c1-27-17-9-3-2-8-16(17)23-19(25)10-5-11-24-20(26)18(29-21(24)28)13-14-6-4-7-15(22)12-14/h2-4,6-9,12-13H,5,10-11H2,1H3,(H,23,25)/b18-13-. The summed E-state index contributed by atoms with van der Waals surface area (Å²) >= 11 is 10.1. The van der Waals surface area contributed by atoms with Gasteiger partial charge in [-0.25, -0.2) is 0 Å². The van der Waals surface area contributed by atoms with Crippen molar-refractivity contribution in [2.75, 3.05) is 19.0 Å². The van der Waals surface area contributed by atoms with Gasteiger partial charge in [-0.2, -0.15) is 0 Å². The van der Waals surface area contributed by atoms with Crippen molar-refractivity contribution in [3.63, 3.8) is 0 Å². The van der Waals surface area contributed by atoms with Gasteiger partial charge in [-0.05, 0) is 42.3 Å². The molecule has 0 atom stereocenters. The number of thioether (sulfide) groups is 1. The van der Waals surface area contributed by atoms with Crippen molar-refractivity contribution in [3.05, 3.63) is 63.5 Å².